The Bertz CT molecular complexity index is 617. The van der Waals surface area contributed by atoms with E-state index < -0.39 is 5.97 Å². The van der Waals surface area contributed by atoms with Crippen LogP contribution >= 0.6 is 0 Å². The lowest BCUT2D eigenvalue weighted by Gasteiger charge is -2.20. The number of rotatable bonds is 15. The van der Waals surface area contributed by atoms with Crippen LogP contribution in [0.4, 0.5) is 5.69 Å². The van der Waals surface area contributed by atoms with Crippen molar-refractivity contribution in [2.75, 3.05) is 38.9 Å². The van der Waals surface area contributed by atoms with Crippen LogP contribution in [0.3, 0.4) is 0 Å². The van der Waals surface area contributed by atoms with Crippen LogP contribution in [0.1, 0.15) is 75.6 Å². The summed E-state index contributed by atoms with van der Waals surface area (Å²) in [6.45, 7) is 4.79. The first-order valence-corrected chi connectivity index (χ1v) is 10.7. The summed E-state index contributed by atoms with van der Waals surface area (Å²) in [6, 6.07) is 5.14. The smallest absolute Gasteiger partial charge is 0.340 e. The highest BCUT2D eigenvalue weighted by molar-refractivity contribution is 6.03. The standard InChI is InChI=1S/C23H37NO5/c1-5-7-8-9-10-11-12-13-16-29-19-14-15-21(24(3)22(25)18-27-4)20(17-19)23(26)28-6-2/h14-15,17H,5-13,16,18H2,1-4H3. The quantitative estimate of drug-likeness (QED) is 0.303. The highest BCUT2D eigenvalue weighted by Gasteiger charge is 2.20. The molecule has 1 aromatic carbocycles. The third kappa shape index (κ3) is 9.31. The normalized spacial score (nSPS) is 10.6. The van der Waals surface area contributed by atoms with E-state index in [1.165, 1.54) is 50.5 Å². The van der Waals surface area contributed by atoms with Gasteiger partial charge in [0.1, 0.15) is 12.4 Å². The summed E-state index contributed by atoms with van der Waals surface area (Å²) in [5.74, 6) is -0.116. The molecule has 0 saturated carbocycles. The second kappa shape index (κ2) is 14.9. The second-order valence-electron chi connectivity index (χ2n) is 7.11. The molecule has 1 amide bonds. The van der Waals surface area contributed by atoms with Crippen molar-refractivity contribution in [1.82, 2.24) is 0 Å². The Morgan fingerprint density at radius 1 is 0.966 bits per heavy atom. The zero-order chi connectivity index (χ0) is 21.5. The molecule has 29 heavy (non-hydrogen) atoms. The van der Waals surface area contributed by atoms with Crippen molar-refractivity contribution >= 4 is 17.6 Å². The molecule has 0 atom stereocenters. The summed E-state index contributed by atoms with van der Waals surface area (Å²) >= 11 is 0. The number of likely N-dealkylation sites (N-methyl/N-ethyl adjacent to an activating group) is 1. The highest BCUT2D eigenvalue weighted by atomic mass is 16.5. The first-order chi connectivity index (χ1) is 14.0. The summed E-state index contributed by atoms with van der Waals surface area (Å²) in [5.41, 5.74) is 0.789. The third-order valence-electron chi connectivity index (χ3n) is 4.73. The van der Waals surface area contributed by atoms with Gasteiger partial charge in [0.15, 0.2) is 0 Å². The summed E-state index contributed by atoms with van der Waals surface area (Å²) in [4.78, 5) is 25.9. The van der Waals surface area contributed by atoms with E-state index in [0.29, 0.717) is 23.6 Å². The van der Waals surface area contributed by atoms with Crippen LogP contribution in [0.15, 0.2) is 18.2 Å². The third-order valence-corrected chi connectivity index (χ3v) is 4.73. The van der Waals surface area contributed by atoms with E-state index in [9.17, 15) is 9.59 Å². The summed E-state index contributed by atoms with van der Waals surface area (Å²) in [5, 5.41) is 0. The number of amides is 1. The van der Waals surface area contributed by atoms with Crippen molar-refractivity contribution in [3.63, 3.8) is 0 Å². The molecule has 0 saturated heterocycles. The van der Waals surface area contributed by atoms with E-state index in [4.69, 9.17) is 14.2 Å². The summed E-state index contributed by atoms with van der Waals surface area (Å²) < 4.78 is 15.9. The van der Waals surface area contributed by atoms with Crippen molar-refractivity contribution < 1.29 is 23.8 Å². The van der Waals surface area contributed by atoms with Crippen molar-refractivity contribution in [2.45, 2.75) is 65.2 Å². The number of hydrogen-bond donors (Lipinski definition) is 0. The van der Waals surface area contributed by atoms with E-state index in [2.05, 4.69) is 6.92 Å². The van der Waals surface area contributed by atoms with Gasteiger partial charge in [-0.3, -0.25) is 4.79 Å². The maximum absolute atomic E-state index is 12.4. The van der Waals surface area contributed by atoms with Crippen LogP contribution in [0.5, 0.6) is 5.75 Å². The van der Waals surface area contributed by atoms with Crippen LogP contribution in [0.25, 0.3) is 0 Å². The molecule has 0 aliphatic carbocycles. The fraction of sp³-hybridized carbons (Fsp3) is 0.652. The zero-order valence-corrected chi connectivity index (χ0v) is 18.5. The minimum absolute atomic E-state index is 0.0601. The van der Waals surface area contributed by atoms with E-state index in [1.54, 1.807) is 32.2 Å². The first-order valence-electron chi connectivity index (χ1n) is 10.7. The minimum atomic E-state index is -0.475. The number of anilines is 1. The fourth-order valence-electron chi connectivity index (χ4n) is 3.05. The van der Waals surface area contributed by atoms with Gasteiger partial charge in [-0.25, -0.2) is 4.79 Å². The number of benzene rings is 1. The molecular formula is C23H37NO5. The summed E-state index contributed by atoms with van der Waals surface area (Å²) in [7, 11) is 3.07. The topological polar surface area (TPSA) is 65.1 Å². The van der Waals surface area contributed by atoms with Gasteiger partial charge in [0.2, 0.25) is 0 Å². The Morgan fingerprint density at radius 3 is 2.24 bits per heavy atom. The number of esters is 1. The molecule has 1 rings (SSSR count). The molecule has 0 fully saturated rings. The molecule has 0 heterocycles. The van der Waals surface area contributed by atoms with E-state index >= 15 is 0 Å². The maximum Gasteiger partial charge on any atom is 0.340 e. The Hall–Kier alpha value is -2.08. The molecule has 0 N–H and O–H groups in total. The number of unbranched alkanes of at least 4 members (excludes halogenated alkanes) is 7. The Morgan fingerprint density at radius 2 is 1.62 bits per heavy atom. The average molecular weight is 408 g/mol. The lowest BCUT2D eigenvalue weighted by Crippen LogP contribution is -2.31. The fourth-order valence-corrected chi connectivity index (χ4v) is 3.05. The van der Waals surface area contributed by atoms with Gasteiger partial charge in [0.05, 0.1) is 24.5 Å². The average Bonchev–Trinajstić information content (AvgIpc) is 2.72. The maximum atomic E-state index is 12.4. The van der Waals surface area contributed by atoms with Crippen molar-refractivity contribution in [2.24, 2.45) is 0 Å². The van der Waals surface area contributed by atoms with E-state index in [-0.39, 0.29) is 19.1 Å². The van der Waals surface area contributed by atoms with Crippen molar-refractivity contribution in [3.05, 3.63) is 23.8 Å². The number of carbonyl (C=O) groups is 2. The van der Waals surface area contributed by atoms with Gasteiger partial charge in [0, 0.05) is 14.2 Å². The number of nitrogens with zero attached hydrogens (tertiary/aromatic N) is 1. The first kappa shape index (κ1) is 25.0. The zero-order valence-electron chi connectivity index (χ0n) is 18.5. The lowest BCUT2D eigenvalue weighted by atomic mass is 10.1. The van der Waals surface area contributed by atoms with Gasteiger partial charge in [-0.15, -0.1) is 0 Å². The van der Waals surface area contributed by atoms with Crippen LogP contribution in [0.2, 0.25) is 0 Å². The van der Waals surface area contributed by atoms with Gasteiger partial charge < -0.3 is 19.1 Å². The molecule has 1 aromatic rings. The Labute approximate surface area is 175 Å². The lowest BCUT2D eigenvalue weighted by molar-refractivity contribution is -0.121. The van der Waals surface area contributed by atoms with Crippen molar-refractivity contribution in [1.29, 1.82) is 0 Å². The van der Waals surface area contributed by atoms with Gasteiger partial charge in [-0.1, -0.05) is 51.9 Å². The van der Waals surface area contributed by atoms with Crippen LogP contribution in [-0.2, 0) is 14.3 Å². The predicted octanol–water partition coefficient (Wildman–Crippen LogP) is 4.99. The molecule has 0 aliphatic heterocycles. The minimum Gasteiger partial charge on any atom is -0.494 e. The molecule has 164 valence electrons. The Kier molecular flexibility index (Phi) is 12.8. The van der Waals surface area contributed by atoms with Gasteiger partial charge in [0.25, 0.3) is 5.91 Å². The second-order valence-corrected chi connectivity index (χ2v) is 7.11. The molecule has 6 heteroatoms. The number of carbonyl (C=O) groups excluding carboxylic acids is 2. The van der Waals surface area contributed by atoms with Crippen LogP contribution < -0.4 is 9.64 Å². The molecular weight excluding hydrogens is 370 g/mol. The monoisotopic (exact) mass is 407 g/mol. The van der Waals surface area contributed by atoms with E-state index in [0.717, 1.165) is 12.8 Å². The van der Waals surface area contributed by atoms with Gasteiger partial charge in [-0.2, -0.15) is 0 Å². The molecule has 0 aliphatic rings. The SMILES string of the molecule is CCCCCCCCCCOc1ccc(N(C)C(=O)COC)c(C(=O)OCC)c1. The molecule has 0 bridgehead atoms. The van der Waals surface area contributed by atoms with Gasteiger partial charge >= 0.3 is 5.97 Å². The summed E-state index contributed by atoms with van der Waals surface area (Å²) in [6.07, 6.45) is 9.88. The Balaban J connectivity index is 2.62. The highest BCUT2D eigenvalue weighted by Crippen LogP contribution is 2.26. The van der Waals surface area contributed by atoms with Crippen LogP contribution in [-0.4, -0.2) is 45.9 Å². The number of hydrogen-bond acceptors (Lipinski definition) is 5. The molecule has 0 radical (unpaired) electrons. The molecule has 6 nitrogen and oxygen atoms in total. The largest absolute Gasteiger partial charge is 0.494 e. The molecule has 0 spiro atoms. The van der Waals surface area contributed by atoms with Crippen LogP contribution in [0, 0.1) is 0 Å². The molecule has 0 aromatic heterocycles. The number of methoxy groups -OCH3 is 1. The predicted molar refractivity (Wildman–Crippen MR) is 116 cm³/mol. The van der Waals surface area contributed by atoms with Gasteiger partial charge in [-0.05, 0) is 31.5 Å². The van der Waals surface area contributed by atoms with E-state index in [1.807, 2.05) is 0 Å². The van der Waals surface area contributed by atoms with Crippen molar-refractivity contribution in [3.8, 4) is 5.75 Å². The number of ether oxygens (including phenoxy) is 3. The molecule has 0 unspecified atom stereocenters.